The summed E-state index contributed by atoms with van der Waals surface area (Å²) in [7, 11) is 0.750. The molecule has 0 atom stereocenters. The quantitative estimate of drug-likeness (QED) is 0.244. The van der Waals surface area contributed by atoms with Crippen LogP contribution in [0.4, 0.5) is 0 Å². The van der Waals surface area contributed by atoms with Gasteiger partial charge in [-0.2, -0.15) is 7.11 Å². The Bertz CT molecular complexity index is 10.4. The third-order valence-corrected chi connectivity index (χ3v) is 0. The zero-order valence-electron chi connectivity index (χ0n) is 5.41. The van der Waals surface area contributed by atoms with E-state index in [9.17, 15) is 0 Å². The van der Waals surface area contributed by atoms with Crippen molar-refractivity contribution in [3.8, 4) is 0 Å². The normalized spacial score (nSPS) is 0.750. The van der Waals surface area contributed by atoms with Crippen LogP contribution >= 0.6 is 0 Å². The van der Waals surface area contributed by atoms with Gasteiger partial charge in [0.1, 0.15) is 0 Å². The Hall–Kier alpha value is 1.96. The summed E-state index contributed by atoms with van der Waals surface area (Å²) in [4.78, 5) is 0. The fraction of sp³-hybridized carbons (Fsp3) is 0.600. The molecule has 0 fully saturated rings. The summed E-state index contributed by atoms with van der Waals surface area (Å²) in [6.07, 6.45) is 0. The summed E-state index contributed by atoms with van der Waals surface area (Å²) >= 11 is 0. The molecule has 8 heavy (non-hydrogen) atoms. The summed E-state index contributed by atoms with van der Waals surface area (Å²) < 4.78 is 0. The van der Waals surface area contributed by atoms with Crippen molar-refractivity contribution in [1.29, 1.82) is 0 Å². The van der Waals surface area contributed by atoms with Gasteiger partial charge in [0, 0.05) is 0 Å². The fourth-order valence-electron chi connectivity index (χ4n) is 0. The van der Waals surface area contributed by atoms with Crippen molar-refractivity contribution in [1.82, 2.24) is 0 Å². The molecule has 0 bridgehead atoms. The van der Waals surface area contributed by atoms with Gasteiger partial charge in [-0.05, 0) is 0 Å². The number of hydrogen-bond acceptors (Lipinski definition) is 1. The third-order valence-electron chi connectivity index (χ3n) is 0. The first kappa shape index (κ1) is 91.3. The smallest absolute Gasteiger partial charge is 0.857 e. The molecule has 0 radical (unpaired) electrons. The molecule has 0 heterocycles. The molecule has 3 heteroatoms. The molecule has 0 aliphatic rings. The van der Waals surface area contributed by atoms with Crippen molar-refractivity contribution in [3.05, 3.63) is 14.9 Å². The molecule has 0 aromatic carbocycles. The van der Waals surface area contributed by atoms with E-state index in [1.54, 1.807) is 0 Å². The van der Waals surface area contributed by atoms with Crippen molar-refractivity contribution in [3.63, 3.8) is 0 Å². The Labute approximate surface area is 99.8 Å². The van der Waals surface area contributed by atoms with Gasteiger partial charge in [0.25, 0.3) is 0 Å². The van der Waals surface area contributed by atoms with E-state index in [-0.39, 0.29) is 88.8 Å². The predicted molar refractivity (Wildman–Crippen MR) is 32.2 cm³/mol. The Morgan fingerprint density at radius 1 is 0.750 bits per heavy atom. The summed E-state index contributed by atoms with van der Waals surface area (Å²) in [6.45, 7) is 0. The Kier molecular flexibility index (Phi) is 1690. The first-order chi connectivity index (χ1) is 1.00. The molecule has 46 valence electrons. The average Bonchev–Trinajstić information content (AvgIpc) is 1.00. The molecule has 0 N–H and O–H groups in total. The van der Waals surface area contributed by atoms with Crippen LogP contribution in [0, 0.1) is 14.9 Å². The first-order valence-electron chi connectivity index (χ1n) is 0.408. The van der Waals surface area contributed by atoms with E-state index < -0.39 is 0 Å². The fourth-order valence-corrected chi connectivity index (χ4v) is 0. The maximum absolute atomic E-state index is 8.25. The molecule has 0 saturated carbocycles. The van der Waals surface area contributed by atoms with Gasteiger partial charge in [-0.15, -0.1) is 0 Å². The number of rotatable bonds is 0. The number of hydrogen-bond donors (Lipinski definition) is 0. The summed E-state index contributed by atoms with van der Waals surface area (Å²) in [5.74, 6) is 0. The molecule has 0 aliphatic carbocycles. The van der Waals surface area contributed by atoms with Gasteiger partial charge < -0.3 is 20.0 Å². The van der Waals surface area contributed by atoms with Gasteiger partial charge in [-0.1, -0.05) is 14.9 Å². The molecule has 0 amide bonds. The summed E-state index contributed by atoms with van der Waals surface area (Å²) in [5, 5.41) is 8.25. The van der Waals surface area contributed by atoms with E-state index in [0.717, 1.165) is 7.11 Å². The molecule has 0 aromatic heterocycles. The van der Waals surface area contributed by atoms with Crippen molar-refractivity contribution < 1.29 is 64.2 Å². The van der Waals surface area contributed by atoms with Crippen LogP contribution in [-0.2, 0) is 0 Å². The van der Waals surface area contributed by atoms with Crippen LogP contribution in [0.1, 0.15) is 14.9 Å². The van der Waals surface area contributed by atoms with Gasteiger partial charge in [-0.25, -0.2) is 0 Å². The monoisotopic (exact) mass is 139 g/mol. The van der Waals surface area contributed by atoms with Crippen molar-refractivity contribution in [2.75, 3.05) is 7.11 Å². The summed E-state index contributed by atoms with van der Waals surface area (Å²) in [6, 6.07) is 0. The largest absolute Gasteiger partial charge is 1.00 e. The standard InChI is InChI=1S/CH3O.2CH4.2CH3.2Na/c1-2;;;;;;/h1H3;2*1H4;2*1H3;;/q-1;;;2*-1;2*+1. The van der Waals surface area contributed by atoms with E-state index in [1.807, 2.05) is 0 Å². The van der Waals surface area contributed by atoms with Crippen molar-refractivity contribution in [2.45, 2.75) is 14.9 Å². The van der Waals surface area contributed by atoms with E-state index in [1.165, 1.54) is 0 Å². The topological polar surface area (TPSA) is 23.1 Å². The SMILES string of the molecule is C.C.C[O-].[CH3-].[CH3-].[Na+].[Na+]. The van der Waals surface area contributed by atoms with Crippen LogP contribution in [0.3, 0.4) is 0 Å². The second-order valence-corrected chi connectivity index (χ2v) is 0. The average molecular weight is 139 g/mol. The maximum atomic E-state index is 8.25. The van der Waals surface area contributed by atoms with Crippen LogP contribution in [0.25, 0.3) is 0 Å². The molecule has 0 aliphatic heterocycles. The molecule has 0 spiro atoms. The Morgan fingerprint density at radius 3 is 0.750 bits per heavy atom. The van der Waals surface area contributed by atoms with E-state index in [0.29, 0.717) is 0 Å². The van der Waals surface area contributed by atoms with Gasteiger partial charge in [0.2, 0.25) is 0 Å². The molecule has 0 saturated heterocycles. The van der Waals surface area contributed by atoms with Gasteiger partial charge in [0.05, 0.1) is 0 Å². The van der Waals surface area contributed by atoms with Crippen LogP contribution < -0.4 is 64.2 Å². The van der Waals surface area contributed by atoms with E-state index in [2.05, 4.69) is 0 Å². The molecular weight excluding hydrogens is 122 g/mol. The minimum atomic E-state index is 0. The molecule has 0 rings (SSSR count). The molecule has 1 nitrogen and oxygen atoms in total. The van der Waals surface area contributed by atoms with Crippen LogP contribution in [0.15, 0.2) is 0 Å². The zero-order valence-corrected chi connectivity index (χ0v) is 9.41. The minimum Gasteiger partial charge on any atom is -0.857 e. The van der Waals surface area contributed by atoms with Gasteiger partial charge in [0.15, 0.2) is 0 Å². The van der Waals surface area contributed by atoms with E-state index in [4.69, 9.17) is 5.11 Å². The van der Waals surface area contributed by atoms with Crippen LogP contribution in [0.2, 0.25) is 0 Å². The van der Waals surface area contributed by atoms with Crippen molar-refractivity contribution in [2.24, 2.45) is 0 Å². The van der Waals surface area contributed by atoms with Crippen LogP contribution in [-0.4, -0.2) is 7.11 Å². The predicted octanol–water partition coefficient (Wildman–Crippen LogP) is -4.84. The van der Waals surface area contributed by atoms with Gasteiger partial charge in [-0.3, -0.25) is 0 Å². The first-order valence-corrected chi connectivity index (χ1v) is 0.408. The maximum Gasteiger partial charge on any atom is 1.00 e. The Balaban J connectivity index is -0.000000000333. The minimum absolute atomic E-state index is 0. The molecule has 0 unspecified atom stereocenters. The summed E-state index contributed by atoms with van der Waals surface area (Å²) in [5.41, 5.74) is 0. The zero-order chi connectivity index (χ0) is 2.00. The second-order valence-electron chi connectivity index (χ2n) is 0. The van der Waals surface area contributed by atoms with Crippen molar-refractivity contribution >= 4 is 0 Å². The molecular formula is C5H17Na2O-. The van der Waals surface area contributed by atoms with Gasteiger partial charge >= 0.3 is 59.1 Å². The Morgan fingerprint density at radius 2 is 0.750 bits per heavy atom. The molecule has 0 aromatic rings. The second kappa shape index (κ2) is 148. The third kappa shape index (κ3) is 100. The van der Waals surface area contributed by atoms with E-state index >= 15 is 0 Å². The van der Waals surface area contributed by atoms with Crippen LogP contribution in [0.5, 0.6) is 0 Å².